The molecule has 0 aromatic carbocycles. The molecular weight excluding hydrogens is 304 g/mol. The molecular formula is C14H26N4O3S. The van der Waals surface area contributed by atoms with Crippen LogP contribution in [0.15, 0.2) is 12.4 Å². The molecule has 126 valence electrons. The number of hydrogen-bond donors (Lipinski definition) is 1. The summed E-state index contributed by atoms with van der Waals surface area (Å²) in [6, 6.07) is -0.0390. The van der Waals surface area contributed by atoms with Crippen LogP contribution in [0, 0.1) is 0 Å². The molecule has 0 amide bonds. The zero-order chi connectivity index (χ0) is 16.0. The van der Waals surface area contributed by atoms with Crippen molar-refractivity contribution in [2.24, 2.45) is 0 Å². The maximum atomic E-state index is 12.3. The third-order valence-electron chi connectivity index (χ3n) is 3.97. The summed E-state index contributed by atoms with van der Waals surface area (Å²) in [6.45, 7) is 4.29. The molecule has 1 saturated heterocycles. The molecule has 2 rings (SSSR count). The van der Waals surface area contributed by atoms with Gasteiger partial charge >= 0.3 is 0 Å². The van der Waals surface area contributed by atoms with Crippen molar-refractivity contribution in [2.45, 2.75) is 45.2 Å². The van der Waals surface area contributed by atoms with Gasteiger partial charge in [-0.15, -0.1) is 0 Å². The number of rotatable bonds is 9. The van der Waals surface area contributed by atoms with E-state index < -0.39 is 10.2 Å². The fourth-order valence-corrected chi connectivity index (χ4v) is 4.37. The second-order valence-electron chi connectivity index (χ2n) is 5.51. The van der Waals surface area contributed by atoms with Gasteiger partial charge in [-0.05, 0) is 19.3 Å². The lowest BCUT2D eigenvalue weighted by Gasteiger charge is -2.23. The minimum atomic E-state index is -3.41. The van der Waals surface area contributed by atoms with Crippen molar-refractivity contribution in [3.05, 3.63) is 18.2 Å². The van der Waals surface area contributed by atoms with E-state index in [1.165, 1.54) is 4.31 Å². The van der Waals surface area contributed by atoms with Crippen LogP contribution in [0.1, 0.15) is 32.0 Å². The molecule has 0 unspecified atom stereocenters. The zero-order valence-electron chi connectivity index (χ0n) is 13.4. The van der Waals surface area contributed by atoms with Gasteiger partial charge in [0.25, 0.3) is 10.2 Å². The number of imidazole rings is 1. The van der Waals surface area contributed by atoms with E-state index in [0.717, 1.165) is 38.1 Å². The van der Waals surface area contributed by atoms with E-state index in [1.807, 2.05) is 6.20 Å². The van der Waals surface area contributed by atoms with Crippen LogP contribution < -0.4 is 4.72 Å². The van der Waals surface area contributed by atoms with Gasteiger partial charge in [-0.3, -0.25) is 0 Å². The van der Waals surface area contributed by atoms with Gasteiger partial charge in [-0.1, -0.05) is 6.92 Å². The summed E-state index contributed by atoms with van der Waals surface area (Å²) in [4.78, 5) is 4.26. The maximum Gasteiger partial charge on any atom is 0.279 e. The number of nitrogens with zero attached hydrogens (tertiary/aromatic N) is 3. The van der Waals surface area contributed by atoms with E-state index >= 15 is 0 Å². The zero-order valence-corrected chi connectivity index (χ0v) is 14.2. The lowest BCUT2D eigenvalue weighted by atomic mass is 10.2. The van der Waals surface area contributed by atoms with Crippen LogP contribution in [-0.4, -0.2) is 55.1 Å². The molecule has 1 aromatic rings. The van der Waals surface area contributed by atoms with Gasteiger partial charge in [0.15, 0.2) is 0 Å². The van der Waals surface area contributed by atoms with Crippen molar-refractivity contribution in [1.82, 2.24) is 18.6 Å². The molecule has 0 spiro atoms. The summed E-state index contributed by atoms with van der Waals surface area (Å²) in [5.41, 5.74) is 0. The first-order chi connectivity index (χ1) is 10.6. The predicted molar refractivity (Wildman–Crippen MR) is 84.7 cm³/mol. The lowest BCUT2D eigenvalue weighted by Crippen LogP contribution is -2.45. The number of aromatic nitrogens is 2. The molecule has 1 aliphatic rings. The highest BCUT2D eigenvalue weighted by Gasteiger charge is 2.33. The standard InChI is InChI=1S/C14H26N4O3S/c1-3-14-15-8-11-17(14)9-5-7-16-22(19,20)18-10-4-6-13(18)12-21-2/h8,11,13,16H,3-7,9-10,12H2,1-2H3/t13-/m1/s1. The van der Waals surface area contributed by atoms with Crippen LogP contribution in [0.4, 0.5) is 0 Å². The second-order valence-corrected chi connectivity index (χ2v) is 7.21. The normalized spacial score (nSPS) is 19.8. The summed E-state index contributed by atoms with van der Waals surface area (Å²) >= 11 is 0. The van der Waals surface area contributed by atoms with Crippen molar-refractivity contribution < 1.29 is 13.2 Å². The monoisotopic (exact) mass is 330 g/mol. The first-order valence-corrected chi connectivity index (χ1v) is 9.28. The molecule has 1 aliphatic heterocycles. The number of ether oxygens (including phenoxy) is 1. The van der Waals surface area contributed by atoms with Gasteiger partial charge in [-0.25, -0.2) is 9.71 Å². The molecule has 2 heterocycles. The van der Waals surface area contributed by atoms with Gasteiger partial charge in [0.2, 0.25) is 0 Å². The Morgan fingerprint density at radius 2 is 2.32 bits per heavy atom. The number of aryl methyl sites for hydroxylation is 2. The lowest BCUT2D eigenvalue weighted by molar-refractivity contribution is 0.148. The quantitative estimate of drug-likeness (QED) is 0.679. The molecule has 8 heteroatoms. The molecule has 1 N–H and O–H groups in total. The van der Waals surface area contributed by atoms with Crippen LogP contribution in [0.5, 0.6) is 0 Å². The minimum absolute atomic E-state index is 0.0390. The van der Waals surface area contributed by atoms with Crippen LogP contribution in [0.25, 0.3) is 0 Å². The average molecular weight is 330 g/mol. The summed E-state index contributed by atoms with van der Waals surface area (Å²) < 4.78 is 36.1. The molecule has 22 heavy (non-hydrogen) atoms. The Labute approximate surface area is 132 Å². The first kappa shape index (κ1) is 17.4. The SMILES string of the molecule is CCc1nccn1CCCNS(=O)(=O)N1CCC[C@@H]1COC. The Morgan fingerprint density at radius 3 is 3.05 bits per heavy atom. The molecule has 0 radical (unpaired) electrons. The predicted octanol–water partition coefficient (Wildman–Crippen LogP) is 0.781. The highest BCUT2D eigenvalue weighted by atomic mass is 32.2. The molecule has 0 bridgehead atoms. The van der Waals surface area contributed by atoms with Crippen molar-refractivity contribution in [2.75, 3.05) is 26.8 Å². The molecule has 1 fully saturated rings. The second kappa shape index (κ2) is 8.05. The summed E-state index contributed by atoms with van der Waals surface area (Å²) in [5, 5.41) is 0. The van der Waals surface area contributed by atoms with Gasteiger partial charge < -0.3 is 9.30 Å². The van der Waals surface area contributed by atoms with E-state index in [4.69, 9.17) is 4.74 Å². The van der Waals surface area contributed by atoms with Crippen LogP contribution in [0.3, 0.4) is 0 Å². The third kappa shape index (κ3) is 4.28. The van der Waals surface area contributed by atoms with Crippen LogP contribution in [-0.2, 0) is 27.9 Å². The Bertz CT molecular complexity index is 558. The van der Waals surface area contributed by atoms with E-state index in [0.29, 0.717) is 19.7 Å². The van der Waals surface area contributed by atoms with E-state index in [1.54, 1.807) is 13.3 Å². The molecule has 0 aliphatic carbocycles. The molecule has 7 nitrogen and oxygen atoms in total. The summed E-state index contributed by atoms with van der Waals surface area (Å²) in [6.07, 6.45) is 7.09. The Balaban J connectivity index is 1.80. The first-order valence-electron chi connectivity index (χ1n) is 7.84. The van der Waals surface area contributed by atoms with Crippen molar-refractivity contribution >= 4 is 10.2 Å². The average Bonchev–Trinajstić information content (AvgIpc) is 3.12. The van der Waals surface area contributed by atoms with Crippen LogP contribution in [0.2, 0.25) is 0 Å². The summed E-state index contributed by atoms with van der Waals surface area (Å²) in [7, 11) is -1.81. The topological polar surface area (TPSA) is 76.5 Å². The van der Waals surface area contributed by atoms with Gasteiger partial charge in [0.05, 0.1) is 6.61 Å². The molecule has 1 atom stereocenters. The number of nitrogens with one attached hydrogen (secondary N) is 1. The fraction of sp³-hybridized carbons (Fsp3) is 0.786. The third-order valence-corrected chi connectivity index (χ3v) is 5.64. The number of methoxy groups -OCH3 is 1. The Kier molecular flexibility index (Phi) is 6.37. The molecule has 1 aromatic heterocycles. The Morgan fingerprint density at radius 1 is 1.50 bits per heavy atom. The largest absolute Gasteiger partial charge is 0.383 e. The van der Waals surface area contributed by atoms with E-state index in [2.05, 4.69) is 21.2 Å². The summed E-state index contributed by atoms with van der Waals surface area (Å²) in [5.74, 6) is 1.03. The van der Waals surface area contributed by atoms with Crippen LogP contribution >= 0.6 is 0 Å². The van der Waals surface area contributed by atoms with E-state index in [-0.39, 0.29) is 6.04 Å². The Hall–Kier alpha value is -0.960. The number of hydrogen-bond acceptors (Lipinski definition) is 4. The van der Waals surface area contributed by atoms with Gasteiger partial charge in [0.1, 0.15) is 5.82 Å². The maximum absolute atomic E-state index is 12.3. The molecule has 0 saturated carbocycles. The van der Waals surface area contributed by atoms with Gasteiger partial charge in [-0.2, -0.15) is 12.7 Å². The van der Waals surface area contributed by atoms with E-state index in [9.17, 15) is 8.42 Å². The van der Waals surface area contributed by atoms with Gasteiger partial charge in [0, 0.05) is 51.6 Å². The van der Waals surface area contributed by atoms with Crippen molar-refractivity contribution in [3.63, 3.8) is 0 Å². The smallest absolute Gasteiger partial charge is 0.279 e. The fourth-order valence-electron chi connectivity index (χ4n) is 2.88. The van der Waals surface area contributed by atoms with Crippen molar-refractivity contribution in [1.29, 1.82) is 0 Å². The highest BCUT2D eigenvalue weighted by Crippen LogP contribution is 2.20. The highest BCUT2D eigenvalue weighted by molar-refractivity contribution is 7.87. The minimum Gasteiger partial charge on any atom is -0.383 e. The van der Waals surface area contributed by atoms with Crippen molar-refractivity contribution in [3.8, 4) is 0 Å².